The van der Waals surface area contributed by atoms with Crippen LogP contribution >= 0.6 is 0 Å². The number of nitrogens with zero attached hydrogens (tertiary/aromatic N) is 2. The number of furan rings is 1. The molecule has 0 aliphatic heterocycles. The molecule has 4 N–H and O–H groups in total. The van der Waals surface area contributed by atoms with E-state index in [0.717, 1.165) is 22.7 Å². The molecule has 0 aliphatic rings. The summed E-state index contributed by atoms with van der Waals surface area (Å²) in [5, 5.41) is 18.5. The molecular formula is C16H23N3O3. The van der Waals surface area contributed by atoms with Gasteiger partial charge in [-0.2, -0.15) is 0 Å². The zero-order valence-electron chi connectivity index (χ0n) is 13.0. The number of nitrogens with two attached hydrogens (primary N) is 1. The number of hydrogen-bond donors (Lipinski definition) is 3. The van der Waals surface area contributed by atoms with Crippen molar-refractivity contribution in [1.29, 1.82) is 0 Å². The van der Waals surface area contributed by atoms with Gasteiger partial charge >= 0.3 is 0 Å². The third-order valence-corrected chi connectivity index (χ3v) is 3.44. The van der Waals surface area contributed by atoms with E-state index in [9.17, 15) is 10.2 Å². The highest BCUT2D eigenvalue weighted by Gasteiger charge is 2.18. The second kappa shape index (κ2) is 7.20. The fourth-order valence-corrected chi connectivity index (χ4v) is 2.49. The summed E-state index contributed by atoms with van der Waals surface area (Å²) < 4.78 is 5.54. The Bertz CT molecular complexity index is 604. The van der Waals surface area contributed by atoms with Crippen molar-refractivity contribution in [3.8, 4) is 11.1 Å². The number of nitrogen functional groups attached to an aromatic ring is 1. The molecule has 0 saturated carbocycles. The van der Waals surface area contributed by atoms with Gasteiger partial charge < -0.3 is 30.2 Å². The average Bonchev–Trinajstić information content (AvgIpc) is 2.96. The molecule has 6 nitrogen and oxygen atoms in total. The van der Waals surface area contributed by atoms with Crippen LogP contribution in [0.3, 0.4) is 0 Å². The third-order valence-electron chi connectivity index (χ3n) is 3.44. The maximum Gasteiger partial charge on any atom is 0.202 e. The van der Waals surface area contributed by atoms with Crippen molar-refractivity contribution >= 4 is 17.3 Å². The fraction of sp³-hybridized carbons (Fsp3) is 0.375. The Balaban J connectivity index is 2.54. The maximum atomic E-state index is 9.27. The van der Waals surface area contributed by atoms with Gasteiger partial charge in [0.05, 0.1) is 19.5 Å². The Hall–Kier alpha value is -2.18. The lowest BCUT2D eigenvalue weighted by Crippen LogP contribution is -2.30. The summed E-state index contributed by atoms with van der Waals surface area (Å²) in [6, 6.07) is 7.50. The monoisotopic (exact) mass is 305 g/mol. The van der Waals surface area contributed by atoms with E-state index in [-0.39, 0.29) is 13.2 Å². The van der Waals surface area contributed by atoms with Gasteiger partial charge in [0.25, 0.3) is 0 Å². The van der Waals surface area contributed by atoms with Crippen LogP contribution in [0.4, 0.5) is 17.3 Å². The SMILES string of the molecule is CN(C)c1occc1-c1cc(N)ccc1N(CCO)CCO. The van der Waals surface area contributed by atoms with Gasteiger partial charge in [0.2, 0.25) is 5.88 Å². The number of anilines is 3. The molecule has 1 aromatic carbocycles. The number of rotatable bonds is 7. The lowest BCUT2D eigenvalue weighted by molar-refractivity contribution is 0.281. The quantitative estimate of drug-likeness (QED) is 0.670. The molecule has 0 atom stereocenters. The molecule has 6 heteroatoms. The molecule has 0 saturated heterocycles. The highest BCUT2D eigenvalue weighted by Crippen LogP contribution is 2.38. The zero-order chi connectivity index (χ0) is 16.1. The van der Waals surface area contributed by atoms with Gasteiger partial charge in [-0.3, -0.25) is 0 Å². The van der Waals surface area contributed by atoms with Gasteiger partial charge in [0, 0.05) is 49.7 Å². The summed E-state index contributed by atoms with van der Waals surface area (Å²) in [7, 11) is 3.82. The van der Waals surface area contributed by atoms with Gasteiger partial charge in [0.15, 0.2) is 0 Å². The van der Waals surface area contributed by atoms with E-state index >= 15 is 0 Å². The van der Waals surface area contributed by atoms with Crippen LogP contribution in [0.5, 0.6) is 0 Å². The van der Waals surface area contributed by atoms with Crippen LogP contribution in [0.1, 0.15) is 0 Å². The molecule has 1 heterocycles. The minimum Gasteiger partial charge on any atom is -0.448 e. The Morgan fingerprint density at radius 3 is 2.32 bits per heavy atom. The molecule has 0 bridgehead atoms. The molecule has 2 rings (SSSR count). The molecule has 120 valence electrons. The minimum atomic E-state index is 0.00966. The van der Waals surface area contributed by atoms with Gasteiger partial charge in [0.1, 0.15) is 0 Å². The van der Waals surface area contributed by atoms with E-state index in [1.807, 2.05) is 48.2 Å². The fourth-order valence-electron chi connectivity index (χ4n) is 2.49. The number of aliphatic hydroxyl groups excluding tert-OH is 2. The Morgan fingerprint density at radius 2 is 1.73 bits per heavy atom. The molecule has 1 aromatic heterocycles. The Kier molecular flexibility index (Phi) is 5.30. The van der Waals surface area contributed by atoms with Crippen LogP contribution in [0.25, 0.3) is 11.1 Å². The largest absolute Gasteiger partial charge is 0.448 e. The van der Waals surface area contributed by atoms with Gasteiger partial charge in [-0.1, -0.05) is 0 Å². The van der Waals surface area contributed by atoms with E-state index in [1.54, 1.807) is 6.26 Å². The van der Waals surface area contributed by atoms with Crippen molar-refractivity contribution in [3.63, 3.8) is 0 Å². The van der Waals surface area contributed by atoms with Gasteiger partial charge in [-0.05, 0) is 24.3 Å². The summed E-state index contributed by atoms with van der Waals surface area (Å²) in [5.74, 6) is 0.736. The molecule has 0 unspecified atom stereocenters. The Morgan fingerprint density at radius 1 is 1.05 bits per heavy atom. The van der Waals surface area contributed by atoms with Gasteiger partial charge in [-0.15, -0.1) is 0 Å². The van der Waals surface area contributed by atoms with Crippen LogP contribution < -0.4 is 15.5 Å². The van der Waals surface area contributed by atoms with E-state index in [4.69, 9.17) is 10.2 Å². The van der Waals surface area contributed by atoms with Crippen molar-refractivity contribution in [2.75, 3.05) is 55.9 Å². The van der Waals surface area contributed by atoms with Crippen LogP contribution in [0, 0.1) is 0 Å². The molecule has 22 heavy (non-hydrogen) atoms. The molecule has 0 aliphatic carbocycles. The highest BCUT2D eigenvalue weighted by atomic mass is 16.3. The van der Waals surface area contributed by atoms with E-state index in [1.165, 1.54) is 0 Å². The summed E-state index contributed by atoms with van der Waals surface area (Å²) in [6.07, 6.45) is 1.64. The first-order valence-corrected chi connectivity index (χ1v) is 7.20. The second-order valence-corrected chi connectivity index (χ2v) is 5.24. The van der Waals surface area contributed by atoms with E-state index < -0.39 is 0 Å². The van der Waals surface area contributed by atoms with Crippen molar-refractivity contribution in [3.05, 3.63) is 30.5 Å². The van der Waals surface area contributed by atoms with Crippen LogP contribution in [0.2, 0.25) is 0 Å². The topological polar surface area (TPSA) is 86.1 Å². The molecule has 0 fully saturated rings. The molecular weight excluding hydrogens is 282 g/mol. The molecule has 0 amide bonds. The normalized spacial score (nSPS) is 10.7. The maximum absolute atomic E-state index is 9.27. The lowest BCUT2D eigenvalue weighted by atomic mass is 10.0. The van der Waals surface area contributed by atoms with Crippen molar-refractivity contribution in [2.24, 2.45) is 0 Å². The second-order valence-electron chi connectivity index (χ2n) is 5.24. The zero-order valence-corrected chi connectivity index (χ0v) is 13.0. The molecule has 0 radical (unpaired) electrons. The predicted octanol–water partition coefficient (Wildman–Crippen LogP) is 1.39. The number of aliphatic hydroxyl groups is 2. The number of hydrogen-bond acceptors (Lipinski definition) is 6. The van der Waals surface area contributed by atoms with Gasteiger partial charge in [-0.25, -0.2) is 0 Å². The molecule has 0 spiro atoms. The third kappa shape index (κ3) is 3.35. The first-order chi connectivity index (χ1) is 10.6. The summed E-state index contributed by atoms with van der Waals surface area (Å²) in [5.41, 5.74) is 9.34. The van der Waals surface area contributed by atoms with E-state index in [0.29, 0.717) is 18.8 Å². The first kappa shape index (κ1) is 16.2. The van der Waals surface area contributed by atoms with Crippen LogP contribution in [-0.2, 0) is 0 Å². The summed E-state index contributed by atoms with van der Waals surface area (Å²) in [4.78, 5) is 3.83. The summed E-state index contributed by atoms with van der Waals surface area (Å²) in [6.45, 7) is 0.894. The van der Waals surface area contributed by atoms with Crippen LogP contribution in [-0.4, -0.2) is 50.6 Å². The van der Waals surface area contributed by atoms with Crippen molar-refractivity contribution < 1.29 is 14.6 Å². The Labute approximate surface area is 130 Å². The van der Waals surface area contributed by atoms with Crippen molar-refractivity contribution in [1.82, 2.24) is 0 Å². The van der Waals surface area contributed by atoms with Crippen molar-refractivity contribution in [2.45, 2.75) is 0 Å². The predicted molar refractivity (Wildman–Crippen MR) is 89.3 cm³/mol. The molecule has 2 aromatic rings. The standard InChI is InChI=1S/C16H23N3O3/c1-18(2)16-13(5-10-22-16)14-11-12(17)3-4-15(14)19(6-8-20)7-9-21/h3-5,10-11,20-21H,6-9,17H2,1-2H3. The summed E-state index contributed by atoms with van der Waals surface area (Å²) >= 11 is 0. The minimum absolute atomic E-state index is 0.00966. The van der Waals surface area contributed by atoms with E-state index in [2.05, 4.69) is 0 Å². The smallest absolute Gasteiger partial charge is 0.202 e. The van der Waals surface area contributed by atoms with Crippen LogP contribution in [0.15, 0.2) is 34.9 Å². The average molecular weight is 305 g/mol. The highest BCUT2D eigenvalue weighted by molar-refractivity contribution is 5.86. The number of benzene rings is 1. The first-order valence-electron chi connectivity index (χ1n) is 7.20. The lowest BCUT2D eigenvalue weighted by Gasteiger charge is -2.26.